The average Bonchev–Trinajstić information content (AvgIpc) is 3.52. The predicted octanol–water partition coefficient (Wildman–Crippen LogP) is 5.51. The van der Waals surface area contributed by atoms with Crippen LogP contribution in [0.5, 0.6) is 11.5 Å². The number of nitrogens with zero attached hydrogens (tertiary/aromatic N) is 2. The molecule has 40 heavy (non-hydrogen) atoms. The van der Waals surface area contributed by atoms with Gasteiger partial charge in [0.1, 0.15) is 17.3 Å². The lowest BCUT2D eigenvalue weighted by Gasteiger charge is -2.23. The number of thiazole rings is 1. The van der Waals surface area contributed by atoms with Crippen molar-refractivity contribution in [1.29, 1.82) is 0 Å². The Morgan fingerprint density at radius 2 is 1.65 bits per heavy atom. The third kappa shape index (κ3) is 4.89. The van der Waals surface area contributed by atoms with Crippen LogP contribution >= 0.6 is 11.3 Å². The normalized spacial score (nSPS) is 16.4. The molecule has 1 atom stereocenters. The van der Waals surface area contributed by atoms with Crippen molar-refractivity contribution < 1.29 is 33.7 Å². The van der Waals surface area contributed by atoms with Crippen LogP contribution in [0, 0.1) is 0 Å². The molecule has 2 heterocycles. The van der Waals surface area contributed by atoms with Crippen LogP contribution in [0.4, 0.5) is 5.13 Å². The van der Waals surface area contributed by atoms with Crippen LogP contribution in [0.15, 0.2) is 72.3 Å². The number of aromatic nitrogens is 1. The highest BCUT2D eigenvalue weighted by Gasteiger charge is 2.48. The number of fused-ring (bicyclic) bond motifs is 1. The number of hydrogen-bond acceptors (Lipinski definition) is 9. The minimum atomic E-state index is -0.995. The highest BCUT2D eigenvalue weighted by atomic mass is 32.1. The smallest absolute Gasteiger partial charge is 0.337 e. The first kappa shape index (κ1) is 26.9. The first-order valence-corrected chi connectivity index (χ1v) is 13.3. The van der Waals surface area contributed by atoms with Crippen molar-refractivity contribution in [2.24, 2.45) is 0 Å². The molecule has 0 spiro atoms. The monoisotopic (exact) mass is 558 g/mol. The summed E-state index contributed by atoms with van der Waals surface area (Å²) in [4.78, 5) is 44.9. The number of aliphatic hydroxyl groups is 1. The van der Waals surface area contributed by atoms with Gasteiger partial charge >= 0.3 is 11.9 Å². The van der Waals surface area contributed by atoms with Gasteiger partial charge in [-0.15, -0.1) is 0 Å². The molecule has 204 valence electrons. The molecule has 5 rings (SSSR count). The third-order valence-electron chi connectivity index (χ3n) is 6.48. The number of amides is 1. The number of Topliss-reactive ketones (excluding diaryl/α,β-unsaturated/α-hetero) is 1. The third-order valence-corrected chi connectivity index (χ3v) is 7.50. The zero-order chi connectivity index (χ0) is 28.4. The molecule has 10 heteroatoms. The zero-order valence-electron chi connectivity index (χ0n) is 22.0. The summed E-state index contributed by atoms with van der Waals surface area (Å²) in [7, 11) is 2.84. The fourth-order valence-corrected chi connectivity index (χ4v) is 5.49. The molecule has 1 unspecified atom stereocenters. The Morgan fingerprint density at radius 3 is 2.30 bits per heavy atom. The molecule has 0 radical (unpaired) electrons. The van der Waals surface area contributed by atoms with E-state index in [1.807, 2.05) is 6.92 Å². The van der Waals surface area contributed by atoms with Crippen LogP contribution in [-0.2, 0) is 14.3 Å². The maximum atomic E-state index is 13.5. The maximum absolute atomic E-state index is 13.5. The second-order valence-electron chi connectivity index (χ2n) is 8.99. The molecule has 1 saturated heterocycles. The van der Waals surface area contributed by atoms with E-state index in [0.717, 1.165) is 11.1 Å². The van der Waals surface area contributed by atoms with E-state index in [4.69, 9.17) is 14.2 Å². The Labute approximate surface area is 234 Å². The highest BCUT2D eigenvalue weighted by molar-refractivity contribution is 7.22. The average molecular weight is 559 g/mol. The van der Waals surface area contributed by atoms with Crippen molar-refractivity contribution in [3.63, 3.8) is 0 Å². The number of ketones is 1. The van der Waals surface area contributed by atoms with Gasteiger partial charge in [0.15, 0.2) is 5.13 Å². The van der Waals surface area contributed by atoms with Crippen molar-refractivity contribution in [2.45, 2.75) is 19.4 Å². The van der Waals surface area contributed by atoms with Crippen molar-refractivity contribution in [3.8, 4) is 11.5 Å². The number of methoxy groups -OCH3 is 2. The van der Waals surface area contributed by atoms with Crippen molar-refractivity contribution in [3.05, 3.63) is 89.0 Å². The first-order valence-electron chi connectivity index (χ1n) is 12.5. The Morgan fingerprint density at radius 1 is 0.975 bits per heavy atom. The molecule has 1 aromatic heterocycles. The number of carbonyl (C=O) groups is 3. The summed E-state index contributed by atoms with van der Waals surface area (Å²) in [6.45, 7) is 2.55. The number of benzene rings is 3. The first-order chi connectivity index (χ1) is 19.4. The van der Waals surface area contributed by atoms with E-state index in [2.05, 4.69) is 4.98 Å². The van der Waals surface area contributed by atoms with Crippen LogP contribution in [0.2, 0.25) is 0 Å². The fraction of sp³-hybridized carbons (Fsp3) is 0.200. The van der Waals surface area contributed by atoms with E-state index in [0.29, 0.717) is 40.3 Å². The van der Waals surface area contributed by atoms with Gasteiger partial charge in [0.05, 0.1) is 48.2 Å². The molecule has 9 nitrogen and oxygen atoms in total. The Kier molecular flexibility index (Phi) is 7.52. The summed E-state index contributed by atoms with van der Waals surface area (Å²) < 4.78 is 16.5. The summed E-state index contributed by atoms with van der Waals surface area (Å²) in [5.74, 6) is -1.26. The number of esters is 1. The molecule has 1 aliphatic rings. The molecule has 0 aliphatic carbocycles. The summed E-state index contributed by atoms with van der Waals surface area (Å²) in [5.41, 5.74) is 1.71. The molecule has 1 fully saturated rings. The number of aliphatic hydroxyl groups excluding tert-OH is 1. The number of anilines is 1. The van der Waals surface area contributed by atoms with Crippen LogP contribution in [-0.4, -0.2) is 48.6 Å². The minimum absolute atomic E-state index is 0.0881. The summed E-state index contributed by atoms with van der Waals surface area (Å²) in [5, 5.41) is 11.7. The van der Waals surface area contributed by atoms with E-state index in [1.54, 1.807) is 73.8 Å². The Hall–Kier alpha value is -4.70. The highest BCUT2D eigenvalue weighted by Crippen LogP contribution is 2.44. The molecule has 0 bridgehead atoms. The lowest BCUT2D eigenvalue weighted by atomic mass is 9.94. The van der Waals surface area contributed by atoms with Crippen LogP contribution in [0.25, 0.3) is 16.0 Å². The summed E-state index contributed by atoms with van der Waals surface area (Å²) in [6, 6.07) is 17.3. The molecule has 1 N–H and O–H groups in total. The maximum Gasteiger partial charge on any atom is 0.337 e. The van der Waals surface area contributed by atoms with Gasteiger partial charge in [-0.3, -0.25) is 14.5 Å². The van der Waals surface area contributed by atoms with Gasteiger partial charge in [-0.1, -0.05) is 30.4 Å². The van der Waals surface area contributed by atoms with Gasteiger partial charge in [-0.05, 0) is 66.6 Å². The van der Waals surface area contributed by atoms with Gasteiger partial charge in [0.2, 0.25) is 0 Å². The Bertz CT molecular complexity index is 1620. The second-order valence-corrected chi connectivity index (χ2v) is 9.99. The molecule has 1 aliphatic heterocycles. The van der Waals surface area contributed by atoms with E-state index in [1.165, 1.54) is 23.3 Å². The number of rotatable bonds is 8. The lowest BCUT2D eigenvalue weighted by molar-refractivity contribution is -0.132. The quantitative estimate of drug-likeness (QED) is 0.130. The zero-order valence-corrected chi connectivity index (χ0v) is 22.9. The van der Waals surface area contributed by atoms with Crippen LogP contribution in [0.3, 0.4) is 0 Å². The number of carbonyl (C=O) groups excluding carboxylic acids is 3. The van der Waals surface area contributed by atoms with E-state index in [-0.39, 0.29) is 16.5 Å². The van der Waals surface area contributed by atoms with Crippen molar-refractivity contribution in [1.82, 2.24) is 4.98 Å². The van der Waals surface area contributed by atoms with Crippen LogP contribution < -0.4 is 14.4 Å². The predicted molar refractivity (Wildman–Crippen MR) is 151 cm³/mol. The van der Waals surface area contributed by atoms with E-state index < -0.39 is 23.7 Å². The standard InChI is InChI=1S/C30H26N2O7S/c1-4-15-39-20-11-9-18(10-12-20)26(33)24-25(17-5-7-19(8-6-17)29(36)38-3)32(28(35)27(24)34)30-31-22-14-13-21(37-2)16-23(22)40-30/h5-14,16,25,33H,4,15H2,1-3H3. The molecule has 3 aromatic carbocycles. The van der Waals surface area contributed by atoms with Gasteiger partial charge in [0.25, 0.3) is 5.78 Å². The fourth-order valence-electron chi connectivity index (χ4n) is 4.47. The molecule has 1 amide bonds. The Balaban J connectivity index is 1.64. The van der Waals surface area contributed by atoms with E-state index in [9.17, 15) is 19.5 Å². The number of hydrogen-bond donors (Lipinski definition) is 1. The second kappa shape index (κ2) is 11.2. The lowest BCUT2D eigenvalue weighted by Crippen LogP contribution is -2.29. The van der Waals surface area contributed by atoms with Gasteiger partial charge < -0.3 is 19.3 Å². The summed E-state index contributed by atoms with van der Waals surface area (Å²) in [6.07, 6.45) is 0.846. The topological polar surface area (TPSA) is 115 Å². The SMILES string of the molecule is CCCOc1ccc(C(O)=C2C(=O)C(=O)N(c3nc4ccc(OC)cc4s3)C2c2ccc(C(=O)OC)cc2)cc1. The minimum Gasteiger partial charge on any atom is -0.507 e. The molecular formula is C30H26N2O7S. The molecule has 4 aromatic rings. The largest absolute Gasteiger partial charge is 0.507 e. The van der Waals surface area contributed by atoms with E-state index >= 15 is 0 Å². The van der Waals surface area contributed by atoms with Crippen molar-refractivity contribution >= 4 is 50.1 Å². The molecular weight excluding hydrogens is 532 g/mol. The van der Waals surface area contributed by atoms with Crippen molar-refractivity contribution in [2.75, 3.05) is 25.7 Å². The number of ether oxygens (including phenoxy) is 3. The van der Waals surface area contributed by atoms with Crippen LogP contribution in [0.1, 0.15) is 40.9 Å². The molecule has 0 saturated carbocycles. The van der Waals surface area contributed by atoms with Gasteiger partial charge in [-0.2, -0.15) is 0 Å². The van der Waals surface area contributed by atoms with Gasteiger partial charge in [0, 0.05) is 5.56 Å². The van der Waals surface area contributed by atoms with Gasteiger partial charge in [-0.25, -0.2) is 9.78 Å². The summed E-state index contributed by atoms with van der Waals surface area (Å²) >= 11 is 1.23.